The Morgan fingerprint density at radius 2 is 2.04 bits per heavy atom. The average molecular weight is 350 g/mol. The number of hydrogen-bond acceptors (Lipinski definition) is 7. The molecular weight excluding hydrogens is 332 g/mol. The van der Waals surface area contributed by atoms with Crippen LogP contribution in [0.2, 0.25) is 0 Å². The minimum Gasteiger partial charge on any atom is -0.493 e. The van der Waals surface area contributed by atoms with Crippen molar-refractivity contribution in [3.63, 3.8) is 0 Å². The molecule has 24 heavy (non-hydrogen) atoms. The van der Waals surface area contributed by atoms with Gasteiger partial charge in [-0.25, -0.2) is 4.98 Å². The van der Waals surface area contributed by atoms with Gasteiger partial charge in [0.25, 0.3) is 5.56 Å². The van der Waals surface area contributed by atoms with Crippen molar-refractivity contribution in [2.75, 3.05) is 25.7 Å². The van der Waals surface area contributed by atoms with E-state index in [1.165, 1.54) is 6.07 Å². The third-order valence-corrected chi connectivity index (χ3v) is 3.89. The molecule has 0 saturated heterocycles. The van der Waals surface area contributed by atoms with Crippen LogP contribution in [0.1, 0.15) is 5.56 Å². The summed E-state index contributed by atoms with van der Waals surface area (Å²) in [5.41, 5.74) is 6.01. The van der Waals surface area contributed by atoms with Gasteiger partial charge in [-0.1, -0.05) is 17.8 Å². The molecule has 0 fully saturated rings. The Morgan fingerprint density at radius 3 is 2.71 bits per heavy atom. The van der Waals surface area contributed by atoms with Crippen LogP contribution in [0, 0.1) is 0 Å². The van der Waals surface area contributed by atoms with Gasteiger partial charge < -0.3 is 25.5 Å². The molecule has 0 atom stereocenters. The minimum atomic E-state index is -0.351. The minimum absolute atomic E-state index is 0.111. The van der Waals surface area contributed by atoms with E-state index in [0.717, 1.165) is 17.3 Å². The van der Waals surface area contributed by atoms with Crippen LogP contribution in [0.25, 0.3) is 0 Å². The number of nitrogens with two attached hydrogens (primary N) is 1. The quantitative estimate of drug-likeness (QED) is 0.498. The molecule has 128 valence electrons. The lowest BCUT2D eigenvalue weighted by Gasteiger charge is -2.10. The van der Waals surface area contributed by atoms with Crippen LogP contribution in [-0.2, 0) is 11.3 Å². The predicted octanol–water partition coefficient (Wildman–Crippen LogP) is 0.778. The molecule has 1 aromatic heterocycles. The highest BCUT2D eigenvalue weighted by atomic mass is 32.2. The Bertz CT molecular complexity index is 778. The summed E-state index contributed by atoms with van der Waals surface area (Å²) in [4.78, 5) is 29.6. The van der Waals surface area contributed by atoms with Gasteiger partial charge in [-0.05, 0) is 17.7 Å². The summed E-state index contributed by atoms with van der Waals surface area (Å²) in [6, 6.07) is 6.59. The molecule has 9 heteroatoms. The SMILES string of the molecule is COc1ccc(CNC(=O)CSc2nc(N)cc(=O)[nH]2)cc1OC. The summed E-state index contributed by atoms with van der Waals surface area (Å²) < 4.78 is 10.4. The maximum absolute atomic E-state index is 11.9. The largest absolute Gasteiger partial charge is 0.493 e. The lowest BCUT2D eigenvalue weighted by atomic mass is 10.2. The van der Waals surface area contributed by atoms with Crippen LogP contribution in [0.3, 0.4) is 0 Å². The lowest BCUT2D eigenvalue weighted by molar-refractivity contribution is -0.118. The molecule has 1 aromatic carbocycles. The van der Waals surface area contributed by atoms with Crippen molar-refractivity contribution in [1.82, 2.24) is 15.3 Å². The zero-order valence-corrected chi connectivity index (χ0v) is 14.1. The Balaban J connectivity index is 1.88. The summed E-state index contributed by atoms with van der Waals surface area (Å²) in [6.45, 7) is 0.348. The molecule has 2 aromatic rings. The normalized spacial score (nSPS) is 10.2. The number of nitrogens with one attached hydrogen (secondary N) is 2. The first-order valence-corrected chi connectivity index (χ1v) is 7.97. The van der Waals surface area contributed by atoms with Crippen LogP contribution in [0.5, 0.6) is 11.5 Å². The molecular formula is C15H18N4O4S. The van der Waals surface area contributed by atoms with Crippen molar-refractivity contribution in [2.45, 2.75) is 11.7 Å². The summed E-state index contributed by atoms with van der Waals surface area (Å²) in [5.74, 6) is 1.26. The molecule has 0 aliphatic carbocycles. The molecule has 0 spiro atoms. The molecule has 1 amide bonds. The molecule has 0 aliphatic rings. The summed E-state index contributed by atoms with van der Waals surface area (Å²) >= 11 is 1.10. The fraction of sp³-hybridized carbons (Fsp3) is 0.267. The second-order valence-electron chi connectivity index (χ2n) is 4.73. The zero-order valence-electron chi connectivity index (χ0n) is 13.3. The van der Waals surface area contributed by atoms with Crippen molar-refractivity contribution in [3.05, 3.63) is 40.2 Å². The number of amides is 1. The first-order valence-electron chi connectivity index (χ1n) is 6.99. The van der Waals surface area contributed by atoms with Gasteiger partial charge in [-0.15, -0.1) is 0 Å². The molecule has 0 bridgehead atoms. The zero-order chi connectivity index (χ0) is 17.5. The van der Waals surface area contributed by atoms with E-state index < -0.39 is 0 Å². The second kappa shape index (κ2) is 8.25. The van der Waals surface area contributed by atoms with Crippen LogP contribution in [0.15, 0.2) is 34.2 Å². The molecule has 2 rings (SSSR count). The number of nitrogen functional groups attached to an aromatic ring is 1. The van der Waals surface area contributed by atoms with E-state index in [9.17, 15) is 9.59 Å². The highest BCUT2D eigenvalue weighted by Gasteiger charge is 2.08. The average Bonchev–Trinajstić information content (AvgIpc) is 2.57. The van der Waals surface area contributed by atoms with Crippen LogP contribution >= 0.6 is 11.8 Å². The van der Waals surface area contributed by atoms with Gasteiger partial charge in [0, 0.05) is 12.6 Å². The standard InChI is InChI=1S/C15H18N4O4S/c1-22-10-4-3-9(5-11(10)23-2)7-17-14(21)8-24-15-18-12(16)6-13(20)19-15/h3-6H,7-8H2,1-2H3,(H,17,21)(H3,16,18,19,20). The number of benzene rings is 1. The topological polar surface area (TPSA) is 119 Å². The van der Waals surface area contributed by atoms with Crippen LogP contribution in [-0.4, -0.2) is 35.8 Å². The van der Waals surface area contributed by atoms with Crippen molar-refractivity contribution >= 4 is 23.5 Å². The smallest absolute Gasteiger partial charge is 0.253 e. The van der Waals surface area contributed by atoms with E-state index in [0.29, 0.717) is 23.2 Å². The molecule has 0 aliphatic heterocycles. The number of nitrogens with zero attached hydrogens (tertiary/aromatic N) is 1. The van der Waals surface area contributed by atoms with Gasteiger partial charge in [0.1, 0.15) is 5.82 Å². The van der Waals surface area contributed by atoms with Crippen LogP contribution in [0.4, 0.5) is 5.82 Å². The number of carbonyl (C=O) groups is 1. The maximum atomic E-state index is 11.9. The van der Waals surface area contributed by atoms with Gasteiger partial charge in [0.2, 0.25) is 5.91 Å². The first-order chi connectivity index (χ1) is 11.5. The number of hydrogen-bond donors (Lipinski definition) is 3. The number of carbonyl (C=O) groups excluding carboxylic acids is 1. The second-order valence-corrected chi connectivity index (χ2v) is 5.69. The number of rotatable bonds is 7. The van der Waals surface area contributed by atoms with Crippen molar-refractivity contribution < 1.29 is 14.3 Å². The van der Waals surface area contributed by atoms with Gasteiger partial charge in [-0.3, -0.25) is 9.59 Å². The number of methoxy groups -OCH3 is 2. The lowest BCUT2D eigenvalue weighted by Crippen LogP contribution is -2.24. The third-order valence-electron chi connectivity index (χ3n) is 3.02. The van der Waals surface area contributed by atoms with E-state index in [1.54, 1.807) is 26.4 Å². The monoisotopic (exact) mass is 350 g/mol. The predicted molar refractivity (Wildman–Crippen MR) is 91.4 cm³/mol. The Labute approximate surface area is 142 Å². The van der Waals surface area contributed by atoms with Crippen molar-refractivity contribution in [3.8, 4) is 11.5 Å². The highest BCUT2D eigenvalue weighted by molar-refractivity contribution is 7.99. The number of thioether (sulfide) groups is 1. The third kappa shape index (κ3) is 4.92. The Morgan fingerprint density at radius 1 is 1.29 bits per heavy atom. The molecule has 8 nitrogen and oxygen atoms in total. The Hall–Kier alpha value is -2.68. The van der Waals surface area contributed by atoms with Crippen molar-refractivity contribution in [1.29, 1.82) is 0 Å². The number of ether oxygens (including phenoxy) is 2. The van der Waals surface area contributed by atoms with Gasteiger partial charge in [0.05, 0.1) is 20.0 Å². The molecule has 0 radical (unpaired) electrons. The Kier molecular flexibility index (Phi) is 6.07. The number of anilines is 1. The van der Waals surface area contributed by atoms with E-state index in [4.69, 9.17) is 15.2 Å². The number of aromatic amines is 1. The number of H-pyrrole nitrogens is 1. The molecule has 0 saturated carbocycles. The van der Waals surface area contributed by atoms with Crippen LogP contribution < -0.4 is 26.1 Å². The fourth-order valence-corrected chi connectivity index (χ4v) is 2.61. The summed E-state index contributed by atoms with van der Waals surface area (Å²) in [5, 5.41) is 3.09. The fourth-order valence-electron chi connectivity index (χ4n) is 1.90. The highest BCUT2D eigenvalue weighted by Crippen LogP contribution is 2.27. The molecule has 1 heterocycles. The summed E-state index contributed by atoms with van der Waals surface area (Å²) in [6.07, 6.45) is 0. The van der Waals surface area contributed by atoms with Gasteiger partial charge in [0.15, 0.2) is 16.7 Å². The summed E-state index contributed by atoms with van der Waals surface area (Å²) in [7, 11) is 3.11. The molecule has 0 unspecified atom stereocenters. The van der Waals surface area contributed by atoms with E-state index in [2.05, 4.69) is 15.3 Å². The number of aromatic nitrogens is 2. The van der Waals surface area contributed by atoms with E-state index in [-0.39, 0.29) is 23.0 Å². The maximum Gasteiger partial charge on any atom is 0.253 e. The molecule has 4 N–H and O–H groups in total. The van der Waals surface area contributed by atoms with Gasteiger partial charge >= 0.3 is 0 Å². The van der Waals surface area contributed by atoms with Crippen molar-refractivity contribution in [2.24, 2.45) is 0 Å². The van der Waals surface area contributed by atoms with Gasteiger partial charge in [-0.2, -0.15) is 0 Å². The first kappa shape index (κ1) is 17.7. The van der Waals surface area contributed by atoms with E-state index >= 15 is 0 Å². The van der Waals surface area contributed by atoms with E-state index in [1.807, 2.05) is 6.07 Å².